The van der Waals surface area contributed by atoms with Crippen molar-refractivity contribution in [1.29, 1.82) is 0 Å². The number of thiophene rings is 1. The van der Waals surface area contributed by atoms with E-state index in [-0.39, 0.29) is 11.3 Å². The smallest absolute Gasteiger partial charge is 0.259 e. The van der Waals surface area contributed by atoms with Gasteiger partial charge < -0.3 is 10.1 Å². The van der Waals surface area contributed by atoms with E-state index in [1.165, 1.54) is 10.4 Å². The highest BCUT2D eigenvalue weighted by Gasteiger charge is 2.33. The topological polar surface area (TPSA) is 50.7 Å². The van der Waals surface area contributed by atoms with Crippen molar-refractivity contribution in [2.24, 2.45) is 16.3 Å². The molecule has 0 unspecified atom stereocenters. The van der Waals surface area contributed by atoms with Crippen LogP contribution in [0.25, 0.3) is 0 Å². The molecule has 5 heteroatoms. The van der Waals surface area contributed by atoms with Crippen molar-refractivity contribution in [3.63, 3.8) is 0 Å². The average molecular weight is 475 g/mol. The lowest BCUT2D eigenvalue weighted by molar-refractivity contribution is 0.102. The van der Waals surface area contributed by atoms with Gasteiger partial charge in [0.2, 0.25) is 0 Å². The van der Waals surface area contributed by atoms with E-state index in [9.17, 15) is 4.79 Å². The third-order valence-corrected chi connectivity index (χ3v) is 7.95. The van der Waals surface area contributed by atoms with Gasteiger partial charge in [0.15, 0.2) is 0 Å². The third-order valence-electron chi connectivity index (χ3n) is 6.79. The number of carbonyl (C=O) groups excluding carboxylic acids is 1. The minimum atomic E-state index is -0.0607. The predicted molar refractivity (Wildman–Crippen MR) is 143 cm³/mol. The Morgan fingerprint density at radius 2 is 1.91 bits per heavy atom. The summed E-state index contributed by atoms with van der Waals surface area (Å²) in [6, 6.07) is 15.8. The molecule has 0 radical (unpaired) electrons. The summed E-state index contributed by atoms with van der Waals surface area (Å²) in [5.41, 5.74) is 5.15. The molecule has 0 fully saturated rings. The third kappa shape index (κ3) is 5.25. The fourth-order valence-electron chi connectivity index (χ4n) is 4.59. The highest BCUT2D eigenvalue weighted by atomic mass is 32.1. The first-order valence-corrected chi connectivity index (χ1v) is 12.8. The van der Waals surface area contributed by atoms with Gasteiger partial charge in [-0.25, -0.2) is 4.99 Å². The van der Waals surface area contributed by atoms with E-state index >= 15 is 0 Å². The predicted octanol–water partition coefficient (Wildman–Crippen LogP) is 7.47. The molecule has 1 aromatic heterocycles. The monoisotopic (exact) mass is 474 g/mol. The van der Waals surface area contributed by atoms with Gasteiger partial charge >= 0.3 is 0 Å². The van der Waals surface area contributed by atoms with E-state index in [0.29, 0.717) is 5.92 Å². The van der Waals surface area contributed by atoms with E-state index < -0.39 is 0 Å². The molecule has 1 atom stereocenters. The Hall–Kier alpha value is -2.92. The Bertz CT molecular complexity index is 1190. The van der Waals surface area contributed by atoms with Gasteiger partial charge in [-0.2, -0.15) is 0 Å². The van der Waals surface area contributed by atoms with Crippen molar-refractivity contribution in [2.45, 2.75) is 53.4 Å². The Kier molecular flexibility index (Phi) is 7.22. The molecule has 1 amide bonds. The molecule has 2 aromatic carbocycles. The molecule has 1 N–H and O–H groups in total. The van der Waals surface area contributed by atoms with Crippen molar-refractivity contribution < 1.29 is 9.53 Å². The van der Waals surface area contributed by atoms with Gasteiger partial charge in [-0.15, -0.1) is 11.3 Å². The molecule has 4 nitrogen and oxygen atoms in total. The molecule has 0 saturated carbocycles. The van der Waals surface area contributed by atoms with Crippen LogP contribution in [0.15, 0.2) is 53.5 Å². The maximum atomic E-state index is 13.6. The van der Waals surface area contributed by atoms with Crippen LogP contribution < -0.4 is 10.1 Å². The number of hydrogen-bond donors (Lipinski definition) is 1. The first kappa shape index (κ1) is 24.2. The van der Waals surface area contributed by atoms with E-state index in [1.54, 1.807) is 18.4 Å². The Balaban J connectivity index is 1.70. The molecule has 0 spiro atoms. The van der Waals surface area contributed by atoms with Gasteiger partial charge in [0, 0.05) is 16.8 Å². The zero-order valence-electron chi connectivity index (χ0n) is 20.8. The average Bonchev–Trinajstić information content (AvgIpc) is 3.20. The molecule has 0 bridgehead atoms. The van der Waals surface area contributed by atoms with Crippen molar-refractivity contribution in [3.8, 4) is 5.75 Å². The summed E-state index contributed by atoms with van der Waals surface area (Å²) in [4.78, 5) is 19.7. The molecule has 178 valence electrons. The molecule has 0 saturated heterocycles. The summed E-state index contributed by atoms with van der Waals surface area (Å²) in [5, 5.41) is 3.98. The normalized spacial score (nSPS) is 15.9. The van der Waals surface area contributed by atoms with Crippen LogP contribution in [0, 0.1) is 11.3 Å². The number of fused-ring (bicyclic) bond motifs is 1. The van der Waals surface area contributed by atoms with Crippen LogP contribution in [-0.2, 0) is 19.3 Å². The van der Waals surface area contributed by atoms with Crippen LogP contribution >= 0.6 is 11.3 Å². The quantitative estimate of drug-likeness (QED) is 0.377. The van der Waals surface area contributed by atoms with Gasteiger partial charge in [0.05, 0.1) is 12.7 Å². The Morgan fingerprint density at radius 1 is 1.18 bits per heavy atom. The summed E-state index contributed by atoms with van der Waals surface area (Å²) < 4.78 is 5.26. The van der Waals surface area contributed by atoms with Crippen LogP contribution in [-0.4, -0.2) is 19.2 Å². The van der Waals surface area contributed by atoms with Crippen molar-refractivity contribution in [2.75, 3.05) is 12.4 Å². The molecule has 34 heavy (non-hydrogen) atoms. The number of rotatable bonds is 6. The maximum Gasteiger partial charge on any atom is 0.259 e. The molecule has 1 aliphatic carbocycles. The van der Waals surface area contributed by atoms with Crippen LogP contribution in [0.3, 0.4) is 0 Å². The van der Waals surface area contributed by atoms with E-state index in [1.807, 2.05) is 48.7 Å². The fourth-order valence-corrected chi connectivity index (χ4v) is 5.86. The second-order valence-electron chi connectivity index (χ2n) is 9.99. The van der Waals surface area contributed by atoms with Gasteiger partial charge in [-0.1, -0.05) is 45.9 Å². The molecule has 1 aliphatic rings. The zero-order chi connectivity index (χ0) is 24.3. The molecule has 0 aliphatic heterocycles. The van der Waals surface area contributed by atoms with E-state index in [4.69, 9.17) is 9.73 Å². The molecule has 1 heterocycles. The standard InChI is InChI=1S/C29H34N2O2S/c1-6-20-9-7-8-10-24(20)31-27(32)26-23-16-13-21(29(2,3)4)17-25(23)34-28(26)30-18-19-11-14-22(33-5)15-12-19/h7-12,14-15,18,21H,6,13,16-17H2,1-5H3,(H,31,32)/t21-/m0/s1. The molecule has 3 aromatic rings. The lowest BCUT2D eigenvalue weighted by Gasteiger charge is -2.33. The van der Waals surface area contributed by atoms with Gasteiger partial charge in [0.1, 0.15) is 10.8 Å². The van der Waals surface area contributed by atoms with Gasteiger partial charge in [-0.3, -0.25) is 4.79 Å². The van der Waals surface area contributed by atoms with Crippen molar-refractivity contribution in [1.82, 2.24) is 0 Å². The molecular weight excluding hydrogens is 440 g/mol. The number of aryl methyl sites for hydroxylation is 1. The number of ether oxygens (including phenoxy) is 1. The number of hydrogen-bond acceptors (Lipinski definition) is 4. The lowest BCUT2D eigenvalue weighted by atomic mass is 9.72. The van der Waals surface area contributed by atoms with E-state index in [0.717, 1.165) is 58.8 Å². The lowest BCUT2D eigenvalue weighted by Crippen LogP contribution is -2.27. The SMILES string of the molecule is CCc1ccccc1NC(=O)c1c(N=Cc2ccc(OC)cc2)sc2c1CC[C@H](C(C)(C)C)C2. The number of anilines is 1. The highest BCUT2D eigenvalue weighted by molar-refractivity contribution is 7.16. The number of benzene rings is 2. The molecular formula is C29H34N2O2S. The maximum absolute atomic E-state index is 13.6. The van der Waals surface area contributed by atoms with Crippen LogP contribution in [0.2, 0.25) is 0 Å². The molecule has 4 rings (SSSR count). The van der Waals surface area contributed by atoms with Gasteiger partial charge in [0.25, 0.3) is 5.91 Å². The number of amides is 1. The van der Waals surface area contributed by atoms with E-state index in [2.05, 4.69) is 39.1 Å². The summed E-state index contributed by atoms with van der Waals surface area (Å²) in [6.07, 6.45) is 5.74. The number of para-hydroxylation sites is 1. The summed E-state index contributed by atoms with van der Waals surface area (Å²) in [6.45, 7) is 9.05. The summed E-state index contributed by atoms with van der Waals surface area (Å²) in [5.74, 6) is 1.36. The number of nitrogens with zero attached hydrogens (tertiary/aromatic N) is 1. The van der Waals surface area contributed by atoms with Crippen molar-refractivity contribution in [3.05, 3.63) is 75.7 Å². The van der Waals surface area contributed by atoms with Gasteiger partial charge in [-0.05, 0) is 84.0 Å². The number of aliphatic imine (C=N–C) groups is 1. The second kappa shape index (κ2) is 10.1. The minimum Gasteiger partial charge on any atom is -0.497 e. The largest absolute Gasteiger partial charge is 0.497 e. The summed E-state index contributed by atoms with van der Waals surface area (Å²) >= 11 is 1.67. The Morgan fingerprint density at radius 3 is 2.59 bits per heavy atom. The van der Waals surface area contributed by atoms with Crippen LogP contribution in [0.4, 0.5) is 10.7 Å². The number of nitrogens with one attached hydrogen (secondary N) is 1. The van der Waals surface area contributed by atoms with Crippen molar-refractivity contribution >= 4 is 34.1 Å². The zero-order valence-corrected chi connectivity index (χ0v) is 21.6. The second-order valence-corrected chi connectivity index (χ2v) is 11.1. The number of methoxy groups -OCH3 is 1. The first-order chi connectivity index (χ1) is 16.3. The minimum absolute atomic E-state index is 0.0607. The van der Waals surface area contributed by atoms with Crippen LogP contribution in [0.5, 0.6) is 5.75 Å². The summed E-state index contributed by atoms with van der Waals surface area (Å²) in [7, 11) is 1.66. The van der Waals surface area contributed by atoms with Crippen LogP contribution in [0.1, 0.15) is 66.0 Å². The highest BCUT2D eigenvalue weighted by Crippen LogP contribution is 2.45. The first-order valence-electron chi connectivity index (χ1n) is 12.0. The number of carbonyl (C=O) groups is 1. The Labute approximate surface area is 207 Å². The fraction of sp³-hybridized carbons (Fsp3) is 0.379.